The van der Waals surface area contributed by atoms with Gasteiger partial charge in [0.1, 0.15) is 11.3 Å². The number of hydrogen-bond acceptors (Lipinski definition) is 4. The molecule has 0 atom stereocenters. The first-order valence-corrected chi connectivity index (χ1v) is 19.5. The summed E-state index contributed by atoms with van der Waals surface area (Å²) in [4.78, 5) is 15.9. The van der Waals surface area contributed by atoms with E-state index in [-0.39, 0.29) is 0 Å². The second-order valence-corrected chi connectivity index (χ2v) is 14.8. The predicted molar refractivity (Wildman–Crippen MR) is 238 cm³/mol. The van der Waals surface area contributed by atoms with E-state index in [1.54, 1.807) is 0 Å². The van der Waals surface area contributed by atoms with Gasteiger partial charge in [-0.15, -0.1) is 0 Å². The van der Waals surface area contributed by atoms with Gasteiger partial charge in [-0.3, -0.25) is 0 Å². The minimum absolute atomic E-state index is 0.559. The van der Waals surface area contributed by atoms with Crippen molar-refractivity contribution in [2.45, 2.75) is 0 Å². The largest absolute Gasteiger partial charge is 0.454 e. The van der Waals surface area contributed by atoms with Gasteiger partial charge in [-0.1, -0.05) is 158 Å². The lowest BCUT2D eigenvalue weighted by Crippen LogP contribution is -2.04. The Kier molecular flexibility index (Phi) is 7.16. The Morgan fingerprint density at radius 2 is 0.948 bits per heavy atom. The van der Waals surface area contributed by atoms with Gasteiger partial charge in [-0.25, -0.2) is 15.0 Å². The normalized spacial score (nSPS) is 11.8. The molecule has 0 bridgehead atoms. The molecule has 12 aromatic rings. The van der Waals surface area contributed by atoms with Crippen molar-refractivity contribution in [2.75, 3.05) is 0 Å². The third kappa shape index (κ3) is 5.07. The van der Waals surface area contributed by atoms with Crippen LogP contribution in [-0.2, 0) is 0 Å². The molecule has 5 nitrogen and oxygen atoms in total. The molecule has 0 radical (unpaired) electrons. The van der Waals surface area contributed by atoms with Crippen LogP contribution in [0.15, 0.2) is 199 Å². The van der Waals surface area contributed by atoms with Gasteiger partial charge in [-0.05, 0) is 69.1 Å². The maximum atomic E-state index is 6.91. The maximum absolute atomic E-state index is 6.91. The summed E-state index contributed by atoms with van der Waals surface area (Å²) in [6, 6.07) is 68.0. The first-order chi connectivity index (χ1) is 28.7. The molecule has 3 heterocycles. The van der Waals surface area contributed by atoms with Gasteiger partial charge in [0.25, 0.3) is 0 Å². The standard InChI is InChI=1S/C53H32N4O/c1-2-13-33(14-3-1)34-25-27-36(28-26-34)51-54-52(43-22-12-18-35-15-6-7-19-39(35)43)56-53(55-51)44-30-29-42-41-21-9-11-24-48(41)58-50(42)49(44)57-46-23-10-8-20-40(46)45-31-37-16-4-5-17-38(37)32-47(45)57/h1-32H. The fourth-order valence-electron chi connectivity index (χ4n) is 8.68. The molecule has 0 unspecified atom stereocenters. The Morgan fingerprint density at radius 3 is 1.78 bits per heavy atom. The highest BCUT2D eigenvalue weighted by Gasteiger charge is 2.25. The van der Waals surface area contributed by atoms with Crippen molar-refractivity contribution in [3.8, 4) is 51.0 Å². The van der Waals surface area contributed by atoms with Gasteiger partial charge in [-0.2, -0.15) is 0 Å². The van der Waals surface area contributed by atoms with Gasteiger partial charge >= 0.3 is 0 Å². The van der Waals surface area contributed by atoms with Crippen LogP contribution in [0.2, 0.25) is 0 Å². The van der Waals surface area contributed by atoms with Crippen LogP contribution in [0.1, 0.15) is 0 Å². The minimum Gasteiger partial charge on any atom is -0.454 e. The van der Waals surface area contributed by atoms with Gasteiger partial charge < -0.3 is 8.98 Å². The van der Waals surface area contributed by atoms with E-state index in [4.69, 9.17) is 19.4 Å². The van der Waals surface area contributed by atoms with Crippen LogP contribution in [0.4, 0.5) is 0 Å². The lowest BCUT2D eigenvalue weighted by molar-refractivity contribution is 0.666. The summed E-state index contributed by atoms with van der Waals surface area (Å²) in [6.07, 6.45) is 0. The number of furan rings is 1. The van der Waals surface area contributed by atoms with Crippen molar-refractivity contribution in [3.05, 3.63) is 194 Å². The summed E-state index contributed by atoms with van der Waals surface area (Å²) in [6.45, 7) is 0. The molecule has 0 amide bonds. The molecular formula is C53H32N4O. The summed E-state index contributed by atoms with van der Waals surface area (Å²) in [5, 5.41) is 8.97. The molecule has 9 aromatic carbocycles. The van der Waals surface area contributed by atoms with Gasteiger partial charge in [0.05, 0.1) is 11.0 Å². The molecule has 3 aromatic heterocycles. The topological polar surface area (TPSA) is 56.7 Å². The van der Waals surface area contributed by atoms with E-state index < -0.39 is 0 Å². The van der Waals surface area contributed by atoms with Crippen LogP contribution in [0.25, 0.3) is 116 Å². The van der Waals surface area contributed by atoms with E-state index >= 15 is 0 Å². The average molecular weight is 741 g/mol. The molecule has 0 saturated carbocycles. The first-order valence-electron chi connectivity index (χ1n) is 19.5. The highest BCUT2D eigenvalue weighted by atomic mass is 16.3. The van der Waals surface area contributed by atoms with Crippen molar-refractivity contribution in [1.29, 1.82) is 0 Å². The fraction of sp³-hybridized carbons (Fsp3) is 0. The smallest absolute Gasteiger partial charge is 0.166 e. The van der Waals surface area contributed by atoms with E-state index in [9.17, 15) is 0 Å². The quantitative estimate of drug-likeness (QED) is 0.176. The highest BCUT2D eigenvalue weighted by Crippen LogP contribution is 2.43. The zero-order valence-corrected chi connectivity index (χ0v) is 31.2. The molecule has 0 aliphatic carbocycles. The lowest BCUT2D eigenvalue weighted by Gasteiger charge is -2.16. The molecule has 270 valence electrons. The lowest BCUT2D eigenvalue weighted by atomic mass is 10.0. The van der Waals surface area contributed by atoms with E-state index in [0.29, 0.717) is 17.5 Å². The van der Waals surface area contributed by atoms with Crippen molar-refractivity contribution in [2.24, 2.45) is 0 Å². The Bertz CT molecular complexity index is 3560. The number of aromatic nitrogens is 4. The van der Waals surface area contributed by atoms with E-state index in [2.05, 4.69) is 180 Å². The molecule has 5 heteroatoms. The van der Waals surface area contributed by atoms with Crippen molar-refractivity contribution in [3.63, 3.8) is 0 Å². The van der Waals surface area contributed by atoms with Crippen molar-refractivity contribution >= 4 is 65.3 Å². The molecule has 58 heavy (non-hydrogen) atoms. The molecule has 0 spiro atoms. The summed E-state index contributed by atoms with van der Waals surface area (Å²) in [5.74, 6) is 1.76. The van der Waals surface area contributed by atoms with E-state index in [0.717, 1.165) is 88.0 Å². The Balaban J connectivity index is 1.18. The molecule has 0 aliphatic heterocycles. The summed E-state index contributed by atoms with van der Waals surface area (Å²) < 4.78 is 9.26. The highest BCUT2D eigenvalue weighted by molar-refractivity contribution is 6.16. The first kappa shape index (κ1) is 32.4. The Labute approximate surface area is 333 Å². The second-order valence-electron chi connectivity index (χ2n) is 14.8. The zero-order chi connectivity index (χ0) is 38.2. The number of benzene rings is 9. The van der Waals surface area contributed by atoms with Gasteiger partial charge in [0.15, 0.2) is 23.1 Å². The molecule has 12 rings (SSSR count). The van der Waals surface area contributed by atoms with E-state index in [1.165, 1.54) is 10.8 Å². The predicted octanol–water partition coefficient (Wildman–Crippen LogP) is 13.8. The van der Waals surface area contributed by atoms with Crippen LogP contribution < -0.4 is 0 Å². The number of hydrogen-bond donors (Lipinski definition) is 0. The van der Waals surface area contributed by atoms with Crippen LogP contribution >= 0.6 is 0 Å². The van der Waals surface area contributed by atoms with E-state index in [1.807, 2.05) is 18.2 Å². The average Bonchev–Trinajstić information content (AvgIpc) is 3.83. The molecule has 0 saturated heterocycles. The van der Waals surface area contributed by atoms with Crippen LogP contribution in [0, 0.1) is 0 Å². The summed E-state index contributed by atoms with van der Waals surface area (Å²) in [7, 11) is 0. The maximum Gasteiger partial charge on any atom is 0.166 e. The molecule has 0 fully saturated rings. The molecular weight excluding hydrogens is 709 g/mol. The minimum atomic E-state index is 0.559. The van der Waals surface area contributed by atoms with Crippen LogP contribution in [0.3, 0.4) is 0 Å². The van der Waals surface area contributed by atoms with Gasteiger partial charge in [0.2, 0.25) is 0 Å². The number of fused-ring (bicyclic) bond motifs is 8. The Hall–Kier alpha value is -7.89. The summed E-state index contributed by atoms with van der Waals surface area (Å²) in [5.41, 5.74) is 9.61. The fourth-order valence-corrected chi connectivity index (χ4v) is 8.68. The third-order valence-electron chi connectivity index (χ3n) is 11.4. The van der Waals surface area contributed by atoms with Crippen molar-refractivity contribution in [1.82, 2.24) is 19.5 Å². The number of nitrogens with zero attached hydrogens (tertiary/aromatic N) is 4. The third-order valence-corrected chi connectivity index (χ3v) is 11.4. The zero-order valence-electron chi connectivity index (χ0n) is 31.2. The molecule has 0 aliphatic rings. The Morgan fingerprint density at radius 1 is 0.345 bits per heavy atom. The van der Waals surface area contributed by atoms with Gasteiger partial charge in [0, 0.05) is 38.2 Å². The monoisotopic (exact) mass is 740 g/mol. The number of para-hydroxylation sites is 2. The van der Waals surface area contributed by atoms with Crippen LogP contribution in [0.5, 0.6) is 0 Å². The van der Waals surface area contributed by atoms with Crippen LogP contribution in [-0.4, -0.2) is 19.5 Å². The molecule has 0 N–H and O–H groups in total. The van der Waals surface area contributed by atoms with Crippen molar-refractivity contribution < 1.29 is 4.42 Å². The number of rotatable bonds is 5. The SMILES string of the molecule is c1ccc(-c2ccc(-c3nc(-c4ccc5c(oc6ccccc65)c4-n4c5ccccc5c5cc6ccccc6cc54)nc(-c4cccc5ccccc45)n3)cc2)cc1. The summed E-state index contributed by atoms with van der Waals surface area (Å²) >= 11 is 0. The second kappa shape index (κ2) is 12.8.